The van der Waals surface area contributed by atoms with Crippen LogP contribution in [-0.4, -0.2) is 68.1 Å². The van der Waals surface area contributed by atoms with Gasteiger partial charge in [-0.15, -0.1) is 6.58 Å². The van der Waals surface area contributed by atoms with Gasteiger partial charge in [0.15, 0.2) is 0 Å². The second-order valence-corrected chi connectivity index (χ2v) is 14.7. The number of hydrogen-bond donors (Lipinski definition) is 4. The zero-order valence-corrected chi connectivity index (χ0v) is 27.2. The minimum atomic E-state index is -3.88. The first-order chi connectivity index (χ1) is 23.6. The van der Waals surface area contributed by atoms with Gasteiger partial charge in [-0.05, 0) is 73.6 Å². The molecule has 4 amide bonds. The predicted octanol–water partition coefficient (Wildman–Crippen LogP) is 2.21. The average Bonchev–Trinajstić information content (AvgIpc) is 4.00. The van der Waals surface area contributed by atoms with Crippen molar-refractivity contribution in [2.45, 2.75) is 49.0 Å². The Morgan fingerprint density at radius 2 is 1.69 bits per heavy atom. The van der Waals surface area contributed by atoms with Crippen LogP contribution < -0.4 is 25.6 Å². The molecule has 0 spiro atoms. The monoisotopic (exact) mass is 689 g/mol. The van der Waals surface area contributed by atoms with Crippen LogP contribution in [0.3, 0.4) is 0 Å². The number of cyclic esters (lactones) is 1. The molecule has 1 heterocycles. The van der Waals surface area contributed by atoms with Gasteiger partial charge in [0.05, 0.1) is 17.1 Å². The first-order valence-corrected chi connectivity index (χ1v) is 17.6. The highest BCUT2D eigenvalue weighted by atomic mass is 32.2. The Kier molecular flexibility index (Phi) is 8.38. The molecule has 7 rings (SSSR count). The smallest absolute Gasteiger partial charge is 0.426 e. The van der Waals surface area contributed by atoms with Crippen LogP contribution in [0.15, 0.2) is 72.4 Å². The summed E-state index contributed by atoms with van der Waals surface area (Å²) in [6.45, 7) is 3.86. The molecule has 0 unspecified atom stereocenters. The number of fused-ring (bicyclic) bond motifs is 6. The molecule has 4 aliphatic carbocycles. The van der Waals surface area contributed by atoms with E-state index in [2.05, 4.69) is 32.6 Å². The Labute approximate surface area is 282 Å². The number of carbonyl (C=O) groups is 4. The lowest BCUT2D eigenvalue weighted by atomic mass is 9.94. The summed E-state index contributed by atoms with van der Waals surface area (Å²) < 4.78 is 38.2. The number of ether oxygens (including phenoxy) is 2. The summed E-state index contributed by atoms with van der Waals surface area (Å²) >= 11 is 0. The Hall–Kier alpha value is -5.18. The van der Waals surface area contributed by atoms with E-state index in [0.29, 0.717) is 24.3 Å². The number of amides is 4. The van der Waals surface area contributed by atoms with Crippen molar-refractivity contribution in [2.24, 2.45) is 22.9 Å². The van der Waals surface area contributed by atoms with E-state index < -0.39 is 68.5 Å². The number of hydrazine groups is 1. The number of sulfonamides is 1. The van der Waals surface area contributed by atoms with Gasteiger partial charge in [-0.1, -0.05) is 35.5 Å². The maximum atomic E-state index is 13.9. The summed E-state index contributed by atoms with van der Waals surface area (Å²) in [5, 5.41) is 6.66. The van der Waals surface area contributed by atoms with Crippen molar-refractivity contribution < 1.29 is 41.9 Å². The molecule has 3 fully saturated rings. The minimum absolute atomic E-state index is 0.0461. The number of hydrogen-bond acceptors (Lipinski definition) is 10. The van der Waals surface area contributed by atoms with Gasteiger partial charge in [0, 0.05) is 17.0 Å². The highest BCUT2D eigenvalue weighted by Gasteiger charge is 2.62. The van der Waals surface area contributed by atoms with Gasteiger partial charge >= 0.3 is 6.09 Å². The molecule has 15 heteroatoms. The number of benzene rings is 2. The quantitative estimate of drug-likeness (QED) is 0.281. The largest absolute Gasteiger partial charge is 0.490 e. The van der Waals surface area contributed by atoms with Crippen LogP contribution in [0.2, 0.25) is 0 Å². The second kappa shape index (κ2) is 12.7. The van der Waals surface area contributed by atoms with Gasteiger partial charge in [0.1, 0.15) is 36.3 Å². The average molecular weight is 690 g/mol. The van der Waals surface area contributed by atoms with Crippen LogP contribution in [0.4, 0.5) is 4.79 Å². The lowest BCUT2D eigenvalue weighted by molar-refractivity contribution is -0.136. The molecule has 3 saturated carbocycles. The third-order valence-electron chi connectivity index (χ3n) is 9.56. The summed E-state index contributed by atoms with van der Waals surface area (Å²) in [6.07, 6.45) is 4.32. The van der Waals surface area contributed by atoms with Crippen LogP contribution in [0.5, 0.6) is 5.75 Å². The van der Waals surface area contributed by atoms with E-state index >= 15 is 0 Å². The van der Waals surface area contributed by atoms with Gasteiger partial charge in [0.25, 0.3) is 5.91 Å². The molecule has 49 heavy (non-hydrogen) atoms. The predicted molar refractivity (Wildman–Crippen MR) is 175 cm³/mol. The zero-order valence-electron chi connectivity index (χ0n) is 26.3. The summed E-state index contributed by atoms with van der Waals surface area (Å²) in [4.78, 5) is 58.9. The maximum absolute atomic E-state index is 13.9. The van der Waals surface area contributed by atoms with Crippen molar-refractivity contribution in [2.75, 3.05) is 13.2 Å². The Balaban J connectivity index is 1.16. The molecule has 4 bridgehead atoms. The first-order valence-electron chi connectivity index (χ1n) is 16.1. The summed E-state index contributed by atoms with van der Waals surface area (Å²) in [6, 6.07) is 13.4. The molecule has 5 aliphatic rings. The molecule has 0 aromatic heterocycles. The molecular formula is C34H35N5O9S. The standard InChI is InChI=1S/C34H35N5O9S/c1-2-19-18-34(19,32(42)39-49(44,45)22-10-11-22)35-30(40)27-16-21-17-28(27)31(41)36-37-33(43)47-14-6-5-13-46-20-9-12-24-23-7-3-4-8-25(23)29(38-48-21)26(24)15-20/h2-9,12,15,19,21-22,27-28H,1,10-11,13-14,16-18H2,(H,35,40)(H,36,41)(H,37,43)(H,39,42)/b6-5-,38-29-/t19-,21-,27-,28-,34-/m1/s1. The molecule has 2 aromatic carbocycles. The van der Waals surface area contributed by atoms with Crippen molar-refractivity contribution >= 4 is 39.5 Å². The topological polar surface area (TPSA) is 191 Å². The molecule has 0 saturated heterocycles. The van der Waals surface area contributed by atoms with Crippen LogP contribution in [-0.2, 0) is 34.0 Å². The fraction of sp³-hybridized carbons (Fsp3) is 0.382. The van der Waals surface area contributed by atoms with Crippen molar-refractivity contribution in [1.29, 1.82) is 0 Å². The number of nitrogens with zero attached hydrogens (tertiary/aromatic N) is 1. The highest BCUT2D eigenvalue weighted by Crippen LogP contribution is 2.46. The summed E-state index contributed by atoms with van der Waals surface area (Å²) in [7, 11) is -3.88. The molecule has 4 N–H and O–H groups in total. The second-order valence-electron chi connectivity index (χ2n) is 12.8. The number of rotatable bonds is 6. The SMILES string of the molecule is C=C[C@@H]1C[C@]1(NC(=O)[C@@H]1C[C@@H]2C[C@H]1C(=O)NNC(=O)OC/C=C\COc1ccc3c(c1)/C(=N\O2)c1ccccc1-3)C(=O)NS(=O)(=O)C1CC1. The van der Waals surface area contributed by atoms with E-state index in [0.717, 1.165) is 22.3 Å². The number of oxime groups is 1. The molecule has 0 radical (unpaired) electrons. The summed E-state index contributed by atoms with van der Waals surface area (Å²) in [5.41, 5.74) is 7.10. The van der Waals surface area contributed by atoms with Gasteiger partial charge < -0.3 is 19.6 Å². The van der Waals surface area contributed by atoms with Gasteiger partial charge in [-0.2, -0.15) is 0 Å². The van der Waals surface area contributed by atoms with Crippen molar-refractivity contribution in [3.05, 3.63) is 78.4 Å². The highest BCUT2D eigenvalue weighted by molar-refractivity contribution is 7.91. The third kappa shape index (κ3) is 6.37. The van der Waals surface area contributed by atoms with Crippen molar-refractivity contribution in [1.82, 2.24) is 20.9 Å². The lowest BCUT2D eigenvalue weighted by Gasteiger charge is -2.23. The summed E-state index contributed by atoms with van der Waals surface area (Å²) in [5.74, 6) is -4.10. The first kappa shape index (κ1) is 32.4. The van der Waals surface area contributed by atoms with E-state index in [1.807, 2.05) is 42.5 Å². The molecule has 14 nitrogen and oxygen atoms in total. The lowest BCUT2D eigenvalue weighted by Crippen LogP contribution is -2.54. The van der Waals surface area contributed by atoms with Crippen LogP contribution in [0.1, 0.15) is 43.2 Å². The van der Waals surface area contributed by atoms with Crippen molar-refractivity contribution in [3.63, 3.8) is 0 Å². The molecule has 5 atom stereocenters. The van der Waals surface area contributed by atoms with Gasteiger partial charge in [0.2, 0.25) is 21.8 Å². The molecule has 256 valence electrons. The Bertz CT molecular complexity index is 1910. The van der Waals surface area contributed by atoms with E-state index in [4.69, 9.17) is 14.3 Å². The Morgan fingerprint density at radius 1 is 0.959 bits per heavy atom. The minimum Gasteiger partial charge on any atom is -0.490 e. The zero-order chi connectivity index (χ0) is 34.3. The van der Waals surface area contributed by atoms with Gasteiger partial charge in [-0.3, -0.25) is 24.5 Å². The number of carbonyl (C=O) groups excluding carboxylic acids is 4. The van der Waals surface area contributed by atoms with E-state index in [1.54, 1.807) is 12.2 Å². The van der Waals surface area contributed by atoms with E-state index in [9.17, 15) is 27.6 Å². The fourth-order valence-corrected chi connectivity index (χ4v) is 8.03. The van der Waals surface area contributed by atoms with E-state index in [-0.39, 0.29) is 32.5 Å². The van der Waals surface area contributed by atoms with Crippen molar-refractivity contribution in [3.8, 4) is 16.9 Å². The number of nitrogens with one attached hydrogen (secondary N) is 4. The normalized spacial score (nSPS) is 29.3. The van der Waals surface area contributed by atoms with Crippen LogP contribution in [0.25, 0.3) is 11.1 Å². The van der Waals surface area contributed by atoms with Crippen LogP contribution >= 0.6 is 0 Å². The fourth-order valence-electron chi connectivity index (χ4n) is 6.67. The Morgan fingerprint density at radius 3 is 2.43 bits per heavy atom. The van der Waals surface area contributed by atoms with Crippen LogP contribution in [0, 0.1) is 17.8 Å². The molecular weight excluding hydrogens is 654 g/mol. The molecule has 2 aromatic rings. The molecule has 1 aliphatic heterocycles. The van der Waals surface area contributed by atoms with Gasteiger partial charge in [-0.25, -0.2) is 18.6 Å². The maximum Gasteiger partial charge on any atom is 0.426 e. The third-order valence-corrected chi connectivity index (χ3v) is 11.4. The van der Waals surface area contributed by atoms with E-state index in [1.165, 1.54) is 6.08 Å².